The first-order valence-electron chi connectivity index (χ1n) is 6.25. The first-order chi connectivity index (χ1) is 10.2. The van der Waals surface area contributed by atoms with Crippen molar-refractivity contribution < 1.29 is 9.53 Å². The first-order valence-corrected chi connectivity index (χ1v) is 7.44. The Bertz CT molecular complexity index is 774. The summed E-state index contributed by atoms with van der Waals surface area (Å²) in [6.45, 7) is -0.0618. The Morgan fingerprint density at radius 2 is 2.00 bits per heavy atom. The van der Waals surface area contributed by atoms with Crippen LogP contribution in [0.25, 0.3) is 10.2 Å². The predicted molar refractivity (Wildman–Crippen MR) is 85.2 cm³/mol. The Morgan fingerprint density at radius 3 is 2.76 bits per heavy atom. The molecule has 0 bridgehead atoms. The second-order valence-corrected chi connectivity index (χ2v) is 5.69. The third kappa shape index (κ3) is 3.32. The van der Waals surface area contributed by atoms with Gasteiger partial charge < -0.3 is 4.74 Å². The maximum Gasteiger partial charge on any atom is 0.264 e. The van der Waals surface area contributed by atoms with Crippen LogP contribution in [0.2, 0.25) is 5.02 Å². The quantitative estimate of drug-likeness (QED) is 0.792. The van der Waals surface area contributed by atoms with Gasteiger partial charge in [-0.15, -0.1) is 0 Å². The van der Waals surface area contributed by atoms with Gasteiger partial charge in [-0.1, -0.05) is 47.2 Å². The summed E-state index contributed by atoms with van der Waals surface area (Å²) in [5, 5.41) is 3.80. The zero-order chi connectivity index (χ0) is 14.7. The summed E-state index contributed by atoms with van der Waals surface area (Å²) in [5.41, 5.74) is 0.698. The highest BCUT2D eigenvalue weighted by atomic mass is 35.5. The number of thiazole rings is 1. The van der Waals surface area contributed by atoms with Crippen LogP contribution < -0.4 is 10.1 Å². The molecule has 0 atom stereocenters. The summed E-state index contributed by atoms with van der Waals surface area (Å²) in [4.78, 5) is 16.2. The molecule has 0 spiro atoms. The lowest BCUT2D eigenvalue weighted by molar-refractivity contribution is -0.118. The summed E-state index contributed by atoms with van der Waals surface area (Å²) in [7, 11) is 0. The van der Waals surface area contributed by atoms with Crippen molar-refractivity contribution in [2.24, 2.45) is 0 Å². The molecule has 1 heterocycles. The zero-order valence-electron chi connectivity index (χ0n) is 10.9. The molecular weight excluding hydrogens is 308 g/mol. The smallest absolute Gasteiger partial charge is 0.264 e. The van der Waals surface area contributed by atoms with Gasteiger partial charge in [0, 0.05) is 0 Å². The van der Waals surface area contributed by atoms with Crippen molar-refractivity contribution in [3.8, 4) is 5.75 Å². The van der Waals surface area contributed by atoms with Crippen molar-refractivity contribution in [2.45, 2.75) is 0 Å². The van der Waals surface area contributed by atoms with Gasteiger partial charge in [0.05, 0.1) is 9.72 Å². The number of halogens is 1. The van der Waals surface area contributed by atoms with Gasteiger partial charge >= 0.3 is 0 Å². The highest BCUT2D eigenvalue weighted by Gasteiger charge is 2.10. The number of aromatic nitrogens is 1. The van der Waals surface area contributed by atoms with Crippen molar-refractivity contribution in [1.82, 2.24) is 4.98 Å². The lowest BCUT2D eigenvalue weighted by atomic mass is 10.3. The molecule has 0 aliphatic carbocycles. The lowest BCUT2D eigenvalue weighted by Gasteiger charge is -2.04. The van der Waals surface area contributed by atoms with E-state index >= 15 is 0 Å². The Kier molecular flexibility index (Phi) is 4.03. The first kappa shape index (κ1) is 13.9. The molecule has 21 heavy (non-hydrogen) atoms. The zero-order valence-corrected chi connectivity index (χ0v) is 12.4. The number of hydrogen-bond acceptors (Lipinski definition) is 4. The molecule has 0 fully saturated rings. The predicted octanol–water partition coefficient (Wildman–Crippen LogP) is 3.97. The lowest BCUT2D eigenvalue weighted by Crippen LogP contribution is -2.19. The number of carbonyl (C=O) groups excluding carboxylic acids is 1. The van der Waals surface area contributed by atoms with Gasteiger partial charge in [-0.05, 0) is 24.3 Å². The molecule has 0 saturated heterocycles. The number of benzene rings is 2. The van der Waals surface area contributed by atoms with Crippen LogP contribution in [0.1, 0.15) is 0 Å². The normalized spacial score (nSPS) is 10.5. The van der Waals surface area contributed by atoms with Gasteiger partial charge in [0.1, 0.15) is 11.3 Å². The van der Waals surface area contributed by atoms with E-state index < -0.39 is 0 Å². The van der Waals surface area contributed by atoms with E-state index in [1.54, 1.807) is 18.2 Å². The van der Waals surface area contributed by atoms with E-state index in [4.69, 9.17) is 16.3 Å². The SMILES string of the molecule is O=C(COc1ccccc1)Nc1nc2c(Cl)cccc2s1. The number of rotatable bonds is 4. The largest absolute Gasteiger partial charge is 0.484 e. The summed E-state index contributed by atoms with van der Waals surface area (Å²) in [6, 6.07) is 14.7. The number of nitrogens with zero attached hydrogens (tertiary/aromatic N) is 1. The second kappa shape index (κ2) is 6.11. The number of anilines is 1. The fourth-order valence-electron chi connectivity index (χ4n) is 1.79. The summed E-state index contributed by atoms with van der Waals surface area (Å²) in [5.74, 6) is 0.397. The van der Waals surface area contributed by atoms with Crippen molar-refractivity contribution in [3.63, 3.8) is 0 Å². The molecule has 0 saturated carbocycles. The molecule has 2 aromatic carbocycles. The molecule has 1 aromatic heterocycles. The molecule has 4 nitrogen and oxygen atoms in total. The number of para-hydroxylation sites is 2. The standard InChI is InChI=1S/C15H11ClN2O2S/c16-11-7-4-8-12-14(11)18-15(21-12)17-13(19)9-20-10-5-2-1-3-6-10/h1-8H,9H2,(H,17,18,19). The molecule has 106 valence electrons. The van der Waals surface area contributed by atoms with Crippen LogP contribution >= 0.6 is 22.9 Å². The maximum atomic E-state index is 11.8. The number of hydrogen-bond donors (Lipinski definition) is 1. The number of carbonyl (C=O) groups is 1. The highest BCUT2D eigenvalue weighted by molar-refractivity contribution is 7.22. The van der Waals surface area contributed by atoms with Gasteiger partial charge in [0.25, 0.3) is 5.91 Å². The number of nitrogens with one attached hydrogen (secondary N) is 1. The van der Waals surface area contributed by atoms with E-state index in [9.17, 15) is 4.79 Å². The van der Waals surface area contributed by atoms with Crippen LogP contribution in [0.3, 0.4) is 0 Å². The van der Waals surface area contributed by atoms with E-state index in [2.05, 4.69) is 10.3 Å². The molecule has 0 unspecified atom stereocenters. The van der Waals surface area contributed by atoms with Crippen LogP contribution in [0.5, 0.6) is 5.75 Å². The molecule has 0 aliphatic rings. The van der Waals surface area contributed by atoms with Gasteiger partial charge in [-0.3, -0.25) is 10.1 Å². The number of amides is 1. The second-order valence-electron chi connectivity index (χ2n) is 4.26. The highest BCUT2D eigenvalue weighted by Crippen LogP contribution is 2.30. The van der Waals surface area contributed by atoms with Gasteiger partial charge in [0.15, 0.2) is 11.7 Å². The molecule has 0 radical (unpaired) electrons. The molecule has 1 amide bonds. The molecule has 3 rings (SSSR count). The minimum atomic E-state index is -0.256. The minimum Gasteiger partial charge on any atom is -0.484 e. The van der Waals surface area contributed by atoms with E-state index in [1.807, 2.05) is 30.3 Å². The Labute approximate surface area is 130 Å². The Morgan fingerprint density at radius 1 is 1.19 bits per heavy atom. The van der Waals surface area contributed by atoms with Gasteiger partial charge in [-0.25, -0.2) is 4.98 Å². The van der Waals surface area contributed by atoms with E-state index in [-0.39, 0.29) is 12.5 Å². The van der Waals surface area contributed by atoms with Crippen molar-refractivity contribution in [1.29, 1.82) is 0 Å². The average molecular weight is 319 g/mol. The molecule has 6 heteroatoms. The molecule has 1 N–H and O–H groups in total. The fourth-order valence-corrected chi connectivity index (χ4v) is 2.97. The maximum absolute atomic E-state index is 11.8. The Hall–Kier alpha value is -2.11. The van der Waals surface area contributed by atoms with Crippen LogP contribution in [-0.2, 0) is 4.79 Å². The van der Waals surface area contributed by atoms with Crippen molar-refractivity contribution in [2.75, 3.05) is 11.9 Å². The number of ether oxygens (including phenoxy) is 1. The minimum absolute atomic E-state index is 0.0618. The summed E-state index contributed by atoms with van der Waals surface area (Å²) < 4.78 is 6.31. The van der Waals surface area contributed by atoms with Crippen molar-refractivity contribution >= 4 is 44.2 Å². The van der Waals surface area contributed by atoms with Gasteiger partial charge in [0.2, 0.25) is 0 Å². The summed E-state index contributed by atoms with van der Waals surface area (Å²) >= 11 is 7.43. The summed E-state index contributed by atoms with van der Waals surface area (Å²) in [6.07, 6.45) is 0. The van der Waals surface area contributed by atoms with Crippen molar-refractivity contribution in [3.05, 3.63) is 53.6 Å². The van der Waals surface area contributed by atoms with E-state index in [0.29, 0.717) is 21.4 Å². The molecule has 3 aromatic rings. The van der Waals surface area contributed by atoms with Crippen LogP contribution in [0.4, 0.5) is 5.13 Å². The average Bonchev–Trinajstić information content (AvgIpc) is 2.90. The van der Waals surface area contributed by atoms with Gasteiger partial charge in [-0.2, -0.15) is 0 Å². The van der Waals surface area contributed by atoms with Crippen LogP contribution in [-0.4, -0.2) is 17.5 Å². The molecule has 0 aliphatic heterocycles. The monoisotopic (exact) mass is 318 g/mol. The third-order valence-electron chi connectivity index (χ3n) is 2.73. The topological polar surface area (TPSA) is 51.2 Å². The van der Waals surface area contributed by atoms with Crippen LogP contribution in [0.15, 0.2) is 48.5 Å². The van der Waals surface area contributed by atoms with E-state index in [1.165, 1.54) is 11.3 Å². The molecular formula is C15H11ClN2O2S. The van der Waals surface area contributed by atoms with E-state index in [0.717, 1.165) is 4.70 Å². The third-order valence-corrected chi connectivity index (χ3v) is 3.97. The Balaban J connectivity index is 1.65. The fraction of sp³-hybridized carbons (Fsp3) is 0.0667. The number of fused-ring (bicyclic) bond motifs is 1. The van der Waals surface area contributed by atoms with Crippen LogP contribution in [0, 0.1) is 0 Å².